The lowest BCUT2D eigenvalue weighted by molar-refractivity contribution is -0.116. The van der Waals surface area contributed by atoms with Gasteiger partial charge in [-0.2, -0.15) is 0 Å². The van der Waals surface area contributed by atoms with E-state index in [1.54, 1.807) is 6.07 Å². The number of hydrogen-bond acceptors (Lipinski definition) is 4. The lowest BCUT2D eigenvalue weighted by Crippen LogP contribution is -2.33. The van der Waals surface area contributed by atoms with Crippen molar-refractivity contribution in [3.8, 4) is 0 Å². The van der Waals surface area contributed by atoms with Crippen molar-refractivity contribution in [1.82, 2.24) is 5.32 Å². The number of ether oxygens (including phenoxy) is 1. The van der Waals surface area contributed by atoms with Crippen molar-refractivity contribution >= 4 is 23.2 Å². The van der Waals surface area contributed by atoms with E-state index in [0.717, 1.165) is 51.1 Å². The van der Waals surface area contributed by atoms with Gasteiger partial charge in [0.25, 0.3) is 5.91 Å². The molecule has 0 radical (unpaired) electrons. The molecule has 2 aliphatic heterocycles. The number of anilines is 2. The molecule has 148 valence electrons. The van der Waals surface area contributed by atoms with Gasteiger partial charge < -0.3 is 20.3 Å². The molecule has 27 heavy (non-hydrogen) atoms. The van der Waals surface area contributed by atoms with Crippen LogP contribution in [0.4, 0.5) is 11.4 Å². The van der Waals surface area contributed by atoms with Crippen LogP contribution in [-0.2, 0) is 9.53 Å². The molecule has 2 N–H and O–H groups in total. The second-order valence-corrected chi connectivity index (χ2v) is 7.92. The summed E-state index contributed by atoms with van der Waals surface area (Å²) in [5, 5.41) is 5.94. The van der Waals surface area contributed by atoms with Gasteiger partial charge >= 0.3 is 0 Å². The van der Waals surface area contributed by atoms with Crippen LogP contribution in [0.1, 0.15) is 56.3 Å². The molecule has 3 rings (SSSR count). The van der Waals surface area contributed by atoms with Gasteiger partial charge in [0.15, 0.2) is 0 Å². The average Bonchev–Trinajstić information content (AvgIpc) is 3.32. The molecule has 2 heterocycles. The van der Waals surface area contributed by atoms with E-state index in [-0.39, 0.29) is 17.9 Å². The zero-order valence-corrected chi connectivity index (χ0v) is 16.4. The lowest BCUT2D eigenvalue weighted by atomic mass is 10.1. The van der Waals surface area contributed by atoms with Crippen molar-refractivity contribution in [1.29, 1.82) is 0 Å². The fraction of sp³-hybridized carbons (Fsp3) is 0.619. The molecule has 1 atom stereocenters. The minimum Gasteiger partial charge on any atom is -0.376 e. The highest BCUT2D eigenvalue weighted by molar-refractivity contribution is 6.02. The standard InChI is InChI=1S/C21H31N3O3/c1-15(2)12-20(25)23-16-7-8-19(24-9-3-4-10-24)18(13-16)21(26)22-14-17-6-5-11-27-17/h7-8,13,15,17H,3-6,9-12,14H2,1-2H3,(H,22,26)(H,23,25). The molecule has 1 aromatic rings. The van der Waals surface area contributed by atoms with Crippen LogP contribution in [0.3, 0.4) is 0 Å². The van der Waals surface area contributed by atoms with Crippen LogP contribution < -0.4 is 15.5 Å². The highest BCUT2D eigenvalue weighted by atomic mass is 16.5. The van der Waals surface area contributed by atoms with Crippen LogP contribution >= 0.6 is 0 Å². The first-order chi connectivity index (χ1) is 13.0. The van der Waals surface area contributed by atoms with Crippen LogP contribution in [0.2, 0.25) is 0 Å². The average molecular weight is 373 g/mol. The molecule has 6 nitrogen and oxygen atoms in total. The van der Waals surface area contributed by atoms with E-state index in [1.807, 2.05) is 26.0 Å². The number of benzene rings is 1. The van der Waals surface area contributed by atoms with Gasteiger partial charge in [0, 0.05) is 44.0 Å². The normalized spacial score (nSPS) is 19.5. The summed E-state index contributed by atoms with van der Waals surface area (Å²) in [6.07, 6.45) is 4.90. The molecule has 0 aromatic heterocycles. The molecule has 2 fully saturated rings. The minimum absolute atomic E-state index is 0.0235. The van der Waals surface area contributed by atoms with Crippen LogP contribution in [-0.4, -0.2) is 44.2 Å². The van der Waals surface area contributed by atoms with E-state index in [4.69, 9.17) is 4.74 Å². The van der Waals surface area contributed by atoms with Crippen LogP contribution in [0.5, 0.6) is 0 Å². The van der Waals surface area contributed by atoms with Crippen molar-refractivity contribution in [3.05, 3.63) is 23.8 Å². The first-order valence-electron chi connectivity index (χ1n) is 10.1. The molecule has 6 heteroatoms. The van der Waals surface area contributed by atoms with Crippen molar-refractivity contribution in [2.45, 2.75) is 52.1 Å². The molecule has 1 aromatic carbocycles. The highest BCUT2D eigenvalue weighted by Gasteiger charge is 2.22. The van der Waals surface area contributed by atoms with E-state index in [9.17, 15) is 9.59 Å². The zero-order valence-electron chi connectivity index (χ0n) is 16.4. The Hall–Kier alpha value is -2.08. The number of nitrogens with zero attached hydrogens (tertiary/aromatic N) is 1. The number of amides is 2. The lowest BCUT2D eigenvalue weighted by Gasteiger charge is -2.22. The maximum Gasteiger partial charge on any atom is 0.253 e. The topological polar surface area (TPSA) is 70.7 Å². The molecule has 2 amide bonds. The number of nitrogens with one attached hydrogen (secondary N) is 2. The van der Waals surface area contributed by atoms with Gasteiger partial charge in [-0.3, -0.25) is 9.59 Å². The maximum atomic E-state index is 12.9. The molecule has 2 aliphatic rings. The van der Waals surface area contributed by atoms with Gasteiger partial charge in [-0.05, 0) is 49.8 Å². The Labute approximate surface area is 161 Å². The smallest absolute Gasteiger partial charge is 0.253 e. The first-order valence-corrected chi connectivity index (χ1v) is 10.1. The quantitative estimate of drug-likeness (QED) is 0.770. The number of rotatable bonds is 7. The fourth-order valence-corrected chi connectivity index (χ4v) is 3.72. The largest absolute Gasteiger partial charge is 0.376 e. The molecule has 1 unspecified atom stereocenters. The molecule has 0 saturated carbocycles. The Kier molecular flexibility index (Phi) is 6.72. The molecular weight excluding hydrogens is 342 g/mol. The van der Waals surface area contributed by atoms with Gasteiger partial charge in [0.05, 0.1) is 11.7 Å². The van der Waals surface area contributed by atoms with E-state index in [0.29, 0.717) is 30.1 Å². The van der Waals surface area contributed by atoms with Crippen LogP contribution in [0, 0.1) is 5.92 Å². The Morgan fingerprint density at radius 3 is 2.67 bits per heavy atom. The summed E-state index contributed by atoms with van der Waals surface area (Å²) in [7, 11) is 0. The summed E-state index contributed by atoms with van der Waals surface area (Å²) < 4.78 is 5.60. The van der Waals surface area contributed by atoms with E-state index < -0.39 is 0 Å². The molecule has 0 aliphatic carbocycles. The van der Waals surface area contributed by atoms with Crippen molar-refractivity contribution in [2.75, 3.05) is 36.5 Å². The Morgan fingerprint density at radius 1 is 1.22 bits per heavy atom. The SMILES string of the molecule is CC(C)CC(=O)Nc1ccc(N2CCCC2)c(C(=O)NCC2CCCO2)c1. The van der Waals surface area contributed by atoms with Gasteiger partial charge in [0.2, 0.25) is 5.91 Å². The van der Waals surface area contributed by atoms with Crippen molar-refractivity contribution in [2.24, 2.45) is 5.92 Å². The van der Waals surface area contributed by atoms with Crippen LogP contribution in [0.15, 0.2) is 18.2 Å². The molecule has 0 spiro atoms. The Balaban J connectivity index is 1.74. The molecule has 0 bridgehead atoms. The monoisotopic (exact) mass is 373 g/mol. The summed E-state index contributed by atoms with van der Waals surface area (Å²) in [5.74, 6) is 0.167. The highest BCUT2D eigenvalue weighted by Crippen LogP contribution is 2.28. The zero-order chi connectivity index (χ0) is 19.2. The van der Waals surface area contributed by atoms with Crippen molar-refractivity contribution < 1.29 is 14.3 Å². The second kappa shape index (κ2) is 9.22. The van der Waals surface area contributed by atoms with Crippen LogP contribution in [0.25, 0.3) is 0 Å². The third-order valence-electron chi connectivity index (χ3n) is 5.08. The van der Waals surface area contributed by atoms with Gasteiger partial charge in [-0.25, -0.2) is 0 Å². The summed E-state index contributed by atoms with van der Waals surface area (Å²) in [5.41, 5.74) is 2.24. The molecular formula is C21H31N3O3. The second-order valence-electron chi connectivity index (χ2n) is 7.92. The predicted octanol–water partition coefficient (Wildman–Crippen LogP) is 3.18. The first kappa shape index (κ1) is 19.7. The Morgan fingerprint density at radius 2 is 2.00 bits per heavy atom. The van der Waals surface area contributed by atoms with E-state index in [2.05, 4.69) is 15.5 Å². The third-order valence-corrected chi connectivity index (χ3v) is 5.08. The minimum atomic E-state index is -0.104. The van der Waals surface area contributed by atoms with Crippen molar-refractivity contribution in [3.63, 3.8) is 0 Å². The maximum absolute atomic E-state index is 12.9. The van der Waals surface area contributed by atoms with Gasteiger partial charge in [-0.15, -0.1) is 0 Å². The summed E-state index contributed by atoms with van der Waals surface area (Å²) in [6, 6.07) is 5.65. The summed E-state index contributed by atoms with van der Waals surface area (Å²) >= 11 is 0. The number of carbonyl (C=O) groups excluding carboxylic acids is 2. The summed E-state index contributed by atoms with van der Waals surface area (Å²) in [6.45, 7) is 7.26. The third kappa shape index (κ3) is 5.45. The fourth-order valence-electron chi connectivity index (χ4n) is 3.72. The number of hydrogen-bond donors (Lipinski definition) is 2. The van der Waals surface area contributed by atoms with Gasteiger partial charge in [-0.1, -0.05) is 13.8 Å². The van der Waals surface area contributed by atoms with E-state index in [1.165, 1.54) is 0 Å². The van der Waals surface area contributed by atoms with Gasteiger partial charge in [0.1, 0.15) is 0 Å². The van der Waals surface area contributed by atoms with E-state index >= 15 is 0 Å². The Bertz CT molecular complexity index is 663. The molecule has 2 saturated heterocycles. The predicted molar refractivity (Wildman–Crippen MR) is 107 cm³/mol. The number of carbonyl (C=O) groups is 2. The summed E-state index contributed by atoms with van der Waals surface area (Å²) in [4.78, 5) is 27.2.